The summed E-state index contributed by atoms with van der Waals surface area (Å²) in [4.78, 5) is 27.9. The minimum absolute atomic E-state index is 0.0651. The van der Waals surface area contributed by atoms with E-state index < -0.39 is 21.7 Å². The summed E-state index contributed by atoms with van der Waals surface area (Å²) >= 11 is 3.39. The van der Waals surface area contributed by atoms with E-state index in [1.165, 1.54) is 9.21 Å². The minimum atomic E-state index is -3.59. The average molecular weight is 488 g/mol. The van der Waals surface area contributed by atoms with Crippen LogP contribution in [0.25, 0.3) is 0 Å². The Morgan fingerprint density at radius 2 is 1.93 bits per heavy atom. The number of sulfonamides is 1. The van der Waals surface area contributed by atoms with Gasteiger partial charge in [0.1, 0.15) is 12.1 Å². The maximum atomic E-state index is 12.9. The fourth-order valence-electron chi connectivity index (χ4n) is 3.53. The Morgan fingerprint density at radius 1 is 1.24 bits per heavy atom. The number of carbonyl (C=O) groups is 2. The number of hydrogen-bond acceptors (Lipinski definition) is 5. The van der Waals surface area contributed by atoms with Gasteiger partial charge in [-0.2, -0.15) is 4.31 Å². The standard InChI is InChI=1S/C19H26BrN3O5S/c1-13-15-11-14(20)5-6-16(15)29(26,27)23(13)10-9-21-7-8-22(12-17(21)24)18(25)28-19(2,3)4/h5-6,11,13H,7-10,12H2,1-4H3. The smallest absolute Gasteiger partial charge is 0.410 e. The van der Waals surface area contributed by atoms with Crippen molar-refractivity contribution in [1.29, 1.82) is 0 Å². The SMILES string of the molecule is CC1c2cc(Br)ccc2S(=O)(=O)N1CCN1CCN(C(=O)OC(C)(C)C)CC1=O. The van der Waals surface area contributed by atoms with Crippen LogP contribution in [-0.2, 0) is 19.6 Å². The van der Waals surface area contributed by atoms with Gasteiger partial charge in [-0.1, -0.05) is 15.9 Å². The van der Waals surface area contributed by atoms with Gasteiger partial charge in [-0.05, 0) is 51.5 Å². The monoisotopic (exact) mass is 487 g/mol. The van der Waals surface area contributed by atoms with Crippen molar-refractivity contribution in [3.05, 3.63) is 28.2 Å². The van der Waals surface area contributed by atoms with Gasteiger partial charge in [-0.3, -0.25) is 9.69 Å². The quantitative estimate of drug-likeness (QED) is 0.653. The van der Waals surface area contributed by atoms with E-state index in [9.17, 15) is 18.0 Å². The van der Waals surface area contributed by atoms with Gasteiger partial charge >= 0.3 is 6.09 Å². The summed E-state index contributed by atoms with van der Waals surface area (Å²) < 4.78 is 33.3. The average Bonchev–Trinajstić information content (AvgIpc) is 2.78. The highest BCUT2D eigenvalue weighted by Crippen LogP contribution is 2.40. The van der Waals surface area contributed by atoms with Gasteiger partial charge in [-0.15, -0.1) is 0 Å². The molecule has 3 rings (SSSR count). The Morgan fingerprint density at radius 3 is 2.55 bits per heavy atom. The zero-order valence-electron chi connectivity index (χ0n) is 17.0. The molecule has 0 radical (unpaired) electrons. The van der Waals surface area contributed by atoms with Crippen molar-refractivity contribution in [1.82, 2.24) is 14.1 Å². The van der Waals surface area contributed by atoms with E-state index in [4.69, 9.17) is 4.74 Å². The first-order chi connectivity index (χ1) is 13.4. The number of hydrogen-bond donors (Lipinski definition) is 0. The van der Waals surface area contributed by atoms with Gasteiger partial charge in [0.25, 0.3) is 0 Å². The molecule has 1 fully saturated rings. The van der Waals surface area contributed by atoms with E-state index in [1.807, 2.05) is 13.0 Å². The van der Waals surface area contributed by atoms with Crippen LogP contribution in [0, 0.1) is 0 Å². The van der Waals surface area contributed by atoms with Crippen LogP contribution >= 0.6 is 15.9 Å². The highest BCUT2D eigenvalue weighted by Gasteiger charge is 2.40. The van der Waals surface area contributed by atoms with Gasteiger partial charge in [0, 0.05) is 36.7 Å². The molecule has 0 bridgehead atoms. The third kappa shape index (κ3) is 4.59. The predicted molar refractivity (Wildman–Crippen MR) is 111 cm³/mol. The molecule has 10 heteroatoms. The summed E-state index contributed by atoms with van der Waals surface area (Å²) in [5.41, 5.74) is 0.127. The molecule has 160 valence electrons. The number of nitrogens with zero attached hydrogens (tertiary/aromatic N) is 3. The fourth-order valence-corrected chi connectivity index (χ4v) is 5.78. The van der Waals surface area contributed by atoms with Crippen LogP contribution in [0.5, 0.6) is 0 Å². The Labute approximate surface area is 180 Å². The molecule has 2 amide bonds. The van der Waals surface area contributed by atoms with Crippen molar-refractivity contribution < 1.29 is 22.7 Å². The van der Waals surface area contributed by atoms with Crippen LogP contribution in [0.15, 0.2) is 27.6 Å². The minimum Gasteiger partial charge on any atom is -0.444 e. The number of ether oxygens (including phenoxy) is 1. The van der Waals surface area contributed by atoms with E-state index in [1.54, 1.807) is 37.8 Å². The van der Waals surface area contributed by atoms with Crippen LogP contribution in [0.2, 0.25) is 0 Å². The largest absolute Gasteiger partial charge is 0.444 e. The zero-order valence-corrected chi connectivity index (χ0v) is 19.4. The van der Waals surface area contributed by atoms with Gasteiger partial charge < -0.3 is 9.64 Å². The molecule has 2 aliphatic rings. The maximum absolute atomic E-state index is 12.9. The molecule has 1 aromatic rings. The van der Waals surface area contributed by atoms with Gasteiger partial charge in [-0.25, -0.2) is 13.2 Å². The molecule has 2 aliphatic heterocycles. The van der Waals surface area contributed by atoms with Crippen molar-refractivity contribution in [3.8, 4) is 0 Å². The van der Waals surface area contributed by atoms with Crippen LogP contribution < -0.4 is 0 Å². The second-order valence-corrected chi connectivity index (χ2v) is 11.0. The topological polar surface area (TPSA) is 87.2 Å². The highest BCUT2D eigenvalue weighted by molar-refractivity contribution is 9.10. The summed E-state index contributed by atoms with van der Waals surface area (Å²) in [5, 5.41) is 0. The summed E-state index contributed by atoms with van der Waals surface area (Å²) in [6, 6.07) is 4.84. The summed E-state index contributed by atoms with van der Waals surface area (Å²) in [7, 11) is -3.59. The molecule has 0 saturated carbocycles. The van der Waals surface area contributed by atoms with Crippen LogP contribution in [0.1, 0.15) is 39.3 Å². The molecule has 0 aromatic heterocycles. The molecule has 0 spiro atoms. The molecule has 1 atom stereocenters. The third-order valence-electron chi connectivity index (χ3n) is 5.00. The zero-order chi connectivity index (χ0) is 21.6. The van der Waals surface area contributed by atoms with E-state index in [2.05, 4.69) is 15.9 Å². The lowest BCUT2D eigenvalue weighted by Gasteiger charge is -2.36. The highest BCUT2D eigenvalue weighted by atomic mass is 79.9. The van der Waals surface area contributed by atoms with Gasteiger partial charge in [0.2, 0.25) is 15.9 Å². The lowest BCUT2D eigenvalue weighted by atomic mass is 10.1. The van der Waals surface area contributed by atoms with Crippen molar-refractivity contribution in [2.45, 2.75) is 44.2 Å². The second-order valence-electron chi connectivity index (χ2n) is 8.26. The molecule has 0 aliphatic carbocycles. The number of piperazine rings is 1. The number of carbonyl (C=O) groups excluding carboxylic acids is 2. The fraction of sp³-hybridized carbons (Fsp3) is 0.579. The third-order valence-corrected chi connectivity index (χ3v) is 7.54. The van der Waals surface area contributed by atoms with Crippen LogP contribution in [0.4, 0.5) is 4.79 Å². The molecule has 1 saturated heterocycles. The second kappa shape index (κ2) is 7.88. The molecule has 0 N–H and O–H groups in total. The van der Waals surface area contributed by atoms with E-state index in [-0.39, 0.29) is 31.6 Å². The van der Waals surface area contributed by atoms with Gasteiger partial charge in [0.15, 0.2) is 0 Å². The van der Waals surface area contributed by atoms with E-state index in [0.29, 0.717) is 18.0 Å². The van der Waals surface area contributed by atoms with Crippen molar-refractivity contribution in [2.75, 3.05) is 32.7 Å². The molecule has 29 heavy (non-hydrogen) atoms. The Bertz CT molecular complexity index is 928. The number of amides is 2. The summed E-state index contributed by atoms with van der Waals surface area (Å²) in [6.45, 7) is 8.29. The summed E-state index contributed by atoms with van der Waals surface area (Å²) in [6.07, 6.45) is -0.512. The van der Waals surface area contributed by atoms with Crippen LogP contribution in [-0.4, -0.2) is 72.8 Å². The first kappa shape index (κ1) is 22.0. The summed E-state index contributed by atoms with van der Waals surface area (Å²) in [5.74, 6) is -0.216. The van der Waals surface area contributed by atoms with Gasteiger partial charge in [0.05, 0.1) is 4.90 Å². The molecule has 1 aromatic carbocycles. The predicted octanol–water partition coefficient (Wildman–Crippen LogP) is 2.59. The molecular weight excluding hydrogens is 462 g/mol. The molecule has 1 unspecified atom stereocenters. The number of benzene rings is 1. The Kier molecular flexibility index (Phi) is 5.99. The first-order valence-electron chi connectivity index (χ1n) is 9.47. The normalized spacial score (nSPS) is 22.0. The van der Waals surface area contributed by atoms with Crippen LogP contribution in [0.3, 0.4) is 0 Å². The van der Waals surface area contributed by atoms with Crippen molar-refractivity contribution in [2.24, 2.45) is 0 Å². The lowest BCUT2D eigenvalue weighted by Crippen LogP contribution is -2.54. The molecule has 2 heterocycles. The number of fused-ring (bicyclic) bond motifs is 1. The number of halogens is 1. The first-order valence-corrected chi connectivity index (χ1v) is 11.7. The number of rotatable bonds is 3. The maximum Gasteiger partial charge on any atom is 0.410 e. The van der Waals surface area contributed by atoms with Crippen molar-refractivity contribution >= 4 is 38.0 Å². The Balaban J connectivity index is 1.62. The van der Waals surface area contributed by atoms with Crippen molar-refractivity contribution in [3.63, 3.8) is 0 Å². The lowest BCUT2D eigenvalue weighted by molar-refractivity contribution is -0.136. The van der Waals surface area contributed by atoms with E-state index in [0.717, 1.165) is 10.0 Å². The van der Waals surface area contributed by atoms with E-state index >= 15 is 0 Å². The molecule has 8 nitrogen and oxygen atoms in total. The Hall–Kier alpha value is -1.65. The molecular formula is C19H26BrN3O5S.